The third kappa shape index (κ3) is 3.56. The first kappa shape index (κ1) is 15.4. The van der Waals surface area contributed by atoms with Gasteiger partial charge in [0.1, 0.15) is 6.73 Å². The SMILES string of the molecule is COCC1(C)CC(=O)N(Cc2ccccc2[N+](=O)[O-])CO1. The molecule has 0 N–H and O–H groups in total. The number of nitrogens with zero attached hydrogens (tertiary/aromatic N) is 2. The Bertz CT molecular complexity index is 548. The summed E-state index contributed by atoms with van der Waals surface area (Å²) in [6, 6.07) is 6.40. The van der Waals surface area contributed by atoms with Crippen molar-refractivity contribution in [2.45, 2.75) is 25.5 Å². The Morgan fingerprint density at radius 2 is 2.19 bits per heavy atom. The first-order chi connectivity index (χ1) is 9.95. The summed E-state index contributed by atoms with van der Waals surface area (Å²) in [4.78, 5) is 24.2. The highest BCUT2D eigenvalue weighted by molar-refractivity contribution is 5.78. The van der Waals surface area contributed by atoms with Gasteiger partial charge in [-0.05, 0) is 6.92 Å². The number of nitro benzene ring substituents is 1. The Hall–Kier alpha value is -1.99. The van der Waals surface area contributed by atoms with Crippen molar-refractivity contribution in [3.63, 3.8) is 0 Å². The van der Waals surface area contributed by atoms with Gasteiger partial charge >= 0.3 is 0 Å². The summed E-state index contributed by atoms with van der Waals surface area (Å²) in [6.45, 7) is 2.42. The minimum Gasteiger partial charge on any atom is -0.382 e. The van der Waals surface area contributed by atoms with E-state index in [-0.39, 0.29) is 31.3 Å². The van der Waals surface area contributed by atoms with Gasteiger partial charge in [0.15, 0.2) is 0 Å². The van der Waals surface area contributed by atoms with Gasteiger partial charge in [-0.3, -0.25) is 14.9 Å². The normalized spacial score (nSPS) is 22.4. The number of hydrogen-bond acceptors (Lipinski definition) is 5. The second-order valence-corrected chi connectivity index (χ2v) is 5.31. The lowest BCUT2D eigenvalue weighted by Gasteiger charge is -2.38. The van der Waals surface area contributed by atoms with E-state index in [1.54, 1.807) is 25.3 Å². The van der Waals surface area contributed by atoms with E-state index >= 15 is 0 Å². The monoisotopic (exact) mass is 294 g/mol. The fraction of sp³-hybridized carbons (Fsp3) is 0.500. The molecule has 1 aliphatic heterocycles. The highest BCUT2D eigenvalue weighted by atomic mass is 16.6. The van der Waals surface area contributed by atoms with Crippen LogP contribution in [0.1, 0.15) is 18.9 Å². The molecular weight excluding hydrogens is 276 g/mol. The minimum absolute atomic E-state index is 0.00975. The largest absolute Gasteiger partial charge is 0.382 e. The summed E-state index contributed by atoms with van der Waals surface area (Å²) in [7, 11) is 1.55. The molecule has 0 spiro atoms. The topological polar surface area (TPSA) is 81.9 Å². The maximum atomic E-state index is 12.2. The van der Waals surface area contributed by atoms with Crippen LogP contribution < -0.4 is 0 Å². The van der Waals surface area contributed by atoms with Crippen molar-refractivity contribution in [1.82, 2.24) is 4.90 Å². The van der Waals surface area contributed by atoms with Gasteiger partial charge in [-0.1, -0.05) is 18.2 Å². The Balaban J connectivity index is 2.09. The van der Waals surface area contributed by atoms with Gasteiger partial charge in [-0.25, -0.2) is 0 Å². The lowest BCUT2D eigenvalue weighted by atomic mass is 10.0. The standard InChI is InChI=1S/C14H18N2O5/c1-14(9-20-2)7-13(17)15(10-21-14)8-11-5-3-4-6-12(11)16(18)19/h3-6H,7-10H2,1-2H3. The Labute approximate surface area is 122 Å². The van der Waals surface area contributed by atoms with E-state index < -0.39 is 10.5 Å². The summed E-state index contributed by atoms with van der Waals surface area (Å²) in [5, 5.41) is 11.0. The number of hydrogen-bond donors (Lipinski definition) is 0. The number of benzene rings is 1. The Morgan fingerprint density at radius 1 is 1.48 bits per heavy atom. The van der Waals surface area contributed by atoms with Crippen LogP contribution in [0.4, 0.5) is 5.69 Å². The van der Waals surface area contributed by atoms with E-state index in [1.807, 2.05) is 6.92 Å². The average Bonchev–Trinajstić information content (AvgIpc) is 2.42. The average molecular weight is 294 g/mol. The molecule has 0 bridgehead atoms. The first-order valence-electron chi connectivity index (χ1n) is 6.58. The molecule has 2 rings (SSSR count). The molecule has 0 saturated carbocycles. The van der Waals surface area contributed by atoms with E-state index in [0.717, 1.165) is 0 Å². The summed E-state index contributed by atoms with van der Waals surface area (Å²) < 4.78 is 10.7. The number of carbonyl (C=O) groups is 1. The molecule has 1 aromatic rings. The van der Waals surface area contributed by atoms with Gasteiger partial charge in [0.25, 0.3) is 5.69 Å². The lowest BCUT2D eigenvalue weighted by molar-refractivity contribution is -0.385. The number of nitro groups is 1. The number of rotatable bonds is 5. The van der Waals surface area contributed by atoms with Crippen molar-refractivity contribution in [1.29, 1.82) is 0 Å². The van der Waals surface area contributed by atoms with Gasteiger partial charge in [0.05, 0.1) is 30.1 Å². The van der Waals surface area contributed by atoms with E-state index in [1.165, 1.54) is 11.0 Å². The molecule has 1 aromatic carbocycles. The van der Waals surface area contributed by atoms with Crippen molar-refractivity contribution in [3.8, 4) is 0 Å². The summed E-state index contributed by atoms with van der Waals surface area (Å²) in [5.74, 6) is -0.0982. The van der Waals surface area contributed by atoms with Crippen LogP contribution in [0.2, 0.25) is 0 Å². The van der Waals surface area contributed by atoms with Crippen LogP contribution in [0.25, 0.3) is 0 Å². The van der Waals surface area contributed by atoms with Crippen LogP contribution in [0.5, 0.6) is 0 Å². The zero-order valence-electron chi connectivity index (χ0n) is 12.1. The summed E-state index contributed by atoms with van der Waals surface area (Å²) in [6.07, 6.45) is 0.196. The molecule has 0 aromatic heterocycles. The maximum Gasteiger partial charge on any atom is 0.274 e. The molecule has 21 heavy (non-hydrogen) atoms. The zero-order chi connectivity index (χ0) is 15.5. The van der Waals surface area contributed by atoms with Crippen LogP contribution in [0.15, 0.2) is 24.3 Å². The molecular formula is C14H18N2O5. The third-order valence-corrected chi connectivity index (χ3v) is 3.45. The van der Waals surface area contributed by atoms with Gasteiger partial charge in [-0.2, -0.15) is 0 Å². The number of methoxy groups -OCH3 is 1. The number of amides is 1. The predicted molar refractivity (Wildman–Crippen MR) is 74.5 cm³/mol. The second-order valence-electron chi connectivity index (χ2n) is 5.31. The highest BCUT2D eigenvalue weighted by Gasteiger charge is 2.36. The first-order valence-corrected chi connectivity index (χ1v) is 6.58. The summed E-state index contributed by atoms with van der Waals surface area (Å²) >= 11 is 0. The van der Waals surface area contributed by atoms with Crippen molar-refractivity contribution in [2.24, 2.45) is 0 Å². The zero-order valence-corrected chi connectivity index (χ0v) is 12.1. The van der Waals surface area contributed by atoms with Crippen LogP contribution in [-0.4, -0.2) is 41.8 Å². The molecule has 0 aliphatic carbocycles. The van der Waals surface area contributed by atoms with E-state index in [9.17, 15) is 14.9 Å². The van der Waals surface area contributed by atoms with Crippen LogP contribution >= 0.6 is 0 Å². The fourth-order valence-corrected chi connectivity index (χ4v) is 2.35. The van der Waals surface area contributed by atoms with Gasteiger partial charge in [-0.15, -0.1) is 0 Å². The quantitative estimate of drug-likeness (QED) is 0.610. The van der Waals surface area contributed by atoms with Crippen LogP contribution in [0.3, 0.4) is 0 Å². The second kappa shape index (κ2) is 6.19. The van der Waals surface area contributed by atoms with Gasteiger partial charge in [0, 0.05) is 18.7 Å². The smallest absolute Gasteiger partial charge is 0.274 e. The predicted octanol–water partition coefficient (Wildman–Crippen LogP) is 1.71. The lowest BCUT2D eigenvalue weighted by Crippen LogP contribution is -2.50. The van der Waals surface area contributed by atoms with Crippen molar-refractivity contribution in [2.75, 3.05) is 20.4 Å². The minimum atomic E-state index is -0.634. The molecule has 1 atom stereocenters. The number of ether oxygens (including phenoxy) is 2. The van der Waals surface area contributed by atoms with Crippen molar-refractivity contribution in [3.05, 3.63) is 39.9 Å². The van der Waals surface area contributed by atoms with E-state index in [0.29, 0.717) is 12.2 Å². The molecule has 0 radical (unpaired) electrons. The van der Waals surface area contributed by atoms with Crippen molar-refractivity contribution >= 4 is 11.6 Å². The molecule has 1 amide bonds. The fourth-order valence-electron chi connectivity index (χ4n) is 2.35. The molecule has 1 heterocycles. The van der Waals surface area contributed by atoms with E-state index in [2.05, 4.69) is 0 Å². The van der Waals surface area contributed by atoms with Gasteiger partial charge < -0.3 is 14.4 Å². The molecule has 1 fully saturated rings. The van der Waals surface area contributed by atoms with E-state index in [4.69, 9.17) is 9.47 Å². The molecule has 1 saturated heterocycles. The molecule has 1 aliphatic rings. The molecule has 114 valence electrons. The third-order valence-electron chi connectivity index (χ3n) is 3.45. The van der Waals surface area contributed by atoms with Gasteiger partial charge in [0.2, 0.25) is 5.91 Å². The molecule has 1 unspecified atom stereocenters. The Morgan fingerprint density at radius 3 is 2.81 bits per heavy atom. The number of para-hydroxylation sites is 1. The van der Waals surface area contributed by atoms with Crippen molar-refractivity contribution < 1.29 is 19.2 Å². The molecule has 7 nitrogen and oxygen atoms in total. The van der Waals surface area contributed by atoms with Crippen LogP contribution in [-0.2, 0) is 20.8 Å². The Kier molecular flexibility index (Phi) is 4.54. The number of carbonyl (C=O) groups excluding carboxylic acids is 1. The summed E-state index contributed by atoms with van der Waals surface area (Å²) in [5.41, 5.74) is -0.129. The maximum absolute atomic E-state index is 12.2. The highest BCUT2D eigenvalue weighted by Crippen LogP contribution is 2.26. The molecule has 7 heteroatoms. The van der Waals surface area contributed by atoms with Crippen LogP contribution in [0, 0.1) is 10.1 Å².